The molecule has 0 heterocycles. The molecular weight excluding hydrogens is 280 g/mol. The van der Waals surface area contributed by atoms with Crippen LogP contribution in [0.2, 0.25) is 0 Å². The lowest BCUT2D eigenvalue weighted by Gasteiger charge is -2.14. The van der Waals surface area contributed by atoms with Crippen LogP contribution in [-0.2, 0) is 11.2 Å². The summed E-state index contributed by atoms with van der Waals surface area (Å²) < 4.78 is 10.4. The molecule has 0 aromatic heterocycles. The van der Waals surface area contributed by atoms with Crippen LogP contribution in [-0.4, -0.2) is 25.3 Å². The summed E-state index contributed by atoms with van der Waals surface area (Å²) in [5, 5.41) is 9.50. The predicted molar refractivity (Wildman–Crippen MR) is 84.7 cm³/mol. The zero-order valence-electron chi connectivity index (χ0n) is 12.8. The van der Waals surface area contributed by atoms with Gasteiger partial charge >= 0.3 is 5.97 Å². The van der Waals surface area contributed by atoms with Gasteiger partial charge in [-0.2, -0.15) is 0 Å². The Morgan fingerprint density at radius 1 is 1.05 bits per heavy atom. The summed E-state index contributed by atoms with van der Waals surface area (Å²) in [6.45, 7) is 0. The first kappa shape index (κ1) is 15.9. The first-order valence-corrected chi connectivity index (χ1v) is 7.13. The van der Waals surface area contributed by atoms with E-state index in [1.165, 1.54) is 0 Å². The number of carboxylic acids is 1. The van der Waals surface area contributed by atoms with Crippen LogP contribution < -0.4 is 9.47 Å². The highest BCUT2D eigenvalue weighted by molar-refractivity contribution is 5.76. The van der Waals surface area contributed by atoms with E-state index in [0.717, 1.165) is 16.9 Å². The van der Waals surface area contributed by atoms with Gasteiger partial charge < -0.3 is 14.6 Å². The highest BCUT2D eigenvalue weighted by Gasteiger charge is 2.20. The van der Waals surface area contributed by atoms with Gasteiger partial charge in [0.15, 0.2) is 0 Å². The molecule has 2 aromatic rings. The van der Waals surface area contributed by atoms with E-state index in [-0.39, 0.29) is 0 Å². The maximum atomic E-state index is 11.6. The van der Waals surface area contributed by atoms with Gasteiger partial charge in [0.05, 0.1) is 20.1 Å². The lowest BCUT2D eigenvalue weighted by atomic mass is 9.92. The van der Waals surface area contributed by atoms with Crippen molar-refractivity contribution in [2.75, 3.05) is 14.2 Å². The number of rotatable bonds is 7. The Labute approximate surface area is 130 Å². The standard InChI is InChI=1S/C18H20O4/c1-21-15-7-3-5-13(11-15)9-10-17(18(19)20)14-6-4-8-16(12-14)22-2/h3-8,11-12,17H,9-10H2,1-2H3,(H,19,20). The lowest BCUT2D eigenvalue weighted by Crippen LogP contribution is -2.12. The fraction of sp³-hybridized carbons (Fsp3) is 0.278. The van der Waals surface area contributed by atoms with Gasteiger partial charge in [-0.25, -0.2) is 0 Å². The van der Waals surface area contributed by atoms with Gasteiger partial charge in [-0.1, -0.05) is 24.3 Å². The Balaban J connectivity index is 2.13. The molecule has 0 bridgehead atoms. The van der Waals surface area contributed by atoms with Crippen LogP contribution in [0.15, 0.2) is 48.5 Å². The molecule has 4 nitrogen and oxygen atoms in total. The third kappa shape index (κ3) is 4.01. The minimum atomic E-state index is -0.823. The summed E-state index contributed by atoms with van der Waals surface area (Å²) >= 11 is 0. The number of hydrogen-bond donors (Lipinski definition) is 1. The van der Waals surface area contributed by atoms with E-state index < -0.39 is 11.9 Å². The Morgan fingerprint density at radius 2 is 1.68 bits per heavy atom. The van der Waals surface area contributed by atoms with E-state index >= 15 is 0 Å². The quantitative estimate of drug-likeness (QED) is 0.850. The van der Waals surface area contributed by atoms with E-state index in [1.54, 1.807) is 20.3 Å². The van der Waals surface area contributed by atoms with Crippen LogP contribution in [0.1, 0.15) is 23.5 Å². The zero-order chi connectivity index (χ0) is 15.9. The summed E-state index contributed by atoms with van der Waals surface area (Å²) in [4.78, 5) is 11.6. The van der Waals surface area contributed by atoms with Crippen molar-refractivity contribution >= 4 is 5.97 Å². The molecule has 0 aliphatic rings. The van der Waals surface area contributed by atoms with Gasteiger partial charge in [-0.05, 0) is 48.2 Å². The SMILES string of the molecule is COc1cccc(CCC(C(=O)O)c2cccc(OC)c2)c1. The molecule has 2 rings (SSSR count). The van der Waals surface area contributed by atoms with Crippen molar-refractivity contribution in [3.8, 4) is 11.5 Å². The van der Waals surface area contributed by atoms with Gasteiger partial charge in [0.25, 0.3) is 0 Å². The van der Waals surface area contributed by atoms with E-state index in [2.05, 4.69) is 0 Å². The molecule has 0 aliphatic heterocycles. The molecule has 0 radical (unpaired) electrons. The fourth-order valence-electron chi connectivity index (χ4n) is 2.43. The molecule has 0 spiro atoms. The Bertz CT molecular complexity index is 636. The number of hydrogen-bond acceptors (Lipinski definition) is 3. The van der Waals surface area contributed by atoms with Crippen LogP contribution >= 0.6 is 0 Å². The summed E-state index contributed by atoms with van der Waals surface area (Å²) in [6.07, 6.45) is 1.20. The van der Waals surface area contributed by atoms with E-state index in [0.29, 0.717) is 18.6 Å². The minimum absolute atomic E-state index is 0.523. The molecule has 0 saturated heterocycles. The summed E-state index contributed by atoms with van der Waals surface area (Å²) in [6, 6.07) is 14.9. The second-order valence-electron chi connectivity index (χ2n) is 5.06. The average Bonchev–Trinajstić information content (AvgIpc) is 2.55. The maximum Gasteiger partial charge on any atom is 0.310 e. The Hall–Kier alpha value is -2.49. The molecule has 0 aliphatic carbocycles. The molecule has 22 heavy (non-hydrogen) atoms. The number of carbonyl (C=O) groups is 1. The Kier molecular flexibility index (Phi) is 5.42. The summed E-state index contributed by atoms with van der Waals surface area (Å²) in [7, 11) is 3.19. The molecule has 1 unspecified atom stereocenters. The largest absolute Gasteiger partial charge is 0.497 e. The highest BCUT2D eigenvalue weighted by Crippen LogP contribution is 2.26. The minimum Gasteiger partial charge on any atom is -0.497 e. The molecule has 0 saturated carbocycles. The number of ether oxygens (including phenoxy) is 2. The number of aliphatic carboxylic acids is 1. The van der Waals surface area contributed by atoms with Crippen molar-refractivity contribution in [2.45, 2.75) is 18.8 Å². The smallest absolute Gasteiger partial charge is 0.310 e. The number of carboxylic acid groups (broad SMARTS) is 1. The summed E-state index contributed by atoms with van der Waals surface area (Å²) in [5.41, 5.74) is 1.82. The van der Waals surface area contributed by atoms with Crippen molar-refractivity contribution in [3.63, 3.8) is 0 Å². The second-order valence-corrected chi connectivity index (χ2v) is 5.06. The fourth-order valence-corrected chi connectivity index (χ4v) is 2.43. The zero-order valence-corrected chi connectivity index (χ0v) is 12.8. The number of aryl methyl sites for hydroxylation is 1. The first-order chi connectivity index (χ1) is 10.6. The van der Waals surface area contributed by atoms with E-state index in [4.69, 9.17) is 9.47 Å². The highest BCUT2D eigenvalue weighted by atomic mass is 16.5. The summed E-state index contributed by atoms with van der Waals surface area (Å²) in [5.74, 6) is 0.0772. The average molecular weight is 300 g/mol. The van der Waals surface area contributed by atoms with Crippen molar-refractivity contribution in [2.24, 2.45) is 0 Å². The second kappa shape index (κ2) is 7.50. The molecule has 0 amide bonds. The van der Waals surface area contributed by atoms with Gasteiger partial charge in [0, 0.05) is 0 Å². The predicted octanol–water partition coefficient (Wildman–Crippen LogP) is 3.50. The van der Waals surface area contributed by atoms with Crippen LogP contribution in [0.5, 0.6) is 11.5 Å². The third-order valence-corrected chi connectivity index (χ3v) is 3.65. The van der Waals surface area contributed by atoms with Crippen LogP contribution in [0.4, 0.5) is 0 Å². The van der Waals surface area contributed by atoms with Crippen molar-refractivity contribution in [3.05, 3.63) is 59.7 Å². The van der Waals surface area contributed by atoms with Gasteiger partial charge in [0.1, 0.15) is 11.5 Å². The van der Waals surface area contributed by atoms with Gasteiger partial charge in [-0.3, -0.25) is 4.79 Å². The molecule has 4 heteroatoms. The molecule has 116 valence electrons. The monoisotopic (exact) mass is 300 g/mol. The van der Waals surface area contributed by atoms with E-state index in [9.17, 15) is 9.90 Å². The molecule has 2 aromatic carbocycles. The Morgan fingerprint density at radius 3 is 2.32 bits per heavy atom. The van der Waals surface area contributed by atoms with E-state index in [1.807, 2.05) is 42.5 Å². The molecule has 1 N–H and O–H groups in total. The van der Waals surface area contributed by atoms with Crippen LogP contribution in [0.3, 0.4) is 0 Å². The first-order valence-electron chi connectivity index (χ1n) is 7.13. The number of methoxy groups -OCH3 is 2. The molecular formula is C18H20O4. The van der Waals surface area contributed by atoms with Crippen molar-refractivity contribution in [1.82, 2.24) is 0 Å². The topological polar surface area (TPSA) is 55.8 Å². The van der Waals surface area contributed by atoms with Crippen LogP contribution in [0, 0.1) is 0 Å². The maximum absolute atomic E-state index is 11.6. The normalized spacial score (nSPS) is 11.7. The van der Waals surface area contributed by atoms with Gasteiger partial charge in [-0.15, -0.1) is 0 Å². The van der Waals surface area contributed by atoms with Crippen molar-refractivity contribution < 1.29 is 19.4 Å². The number of benzene rings is 2. The third-order valence-electron chi connectivity index (χ3n) is 3.65. The lowest BCUT2D eigenvalue weighted by molar-refractivity contribution is -0.138. The van der Waals surface area contributed by atoms with Crippen molar-refractivity contribution in [1.29, 1.82) is 0 Å². The molecule has 1 atom stereocenters. The van der Waals surface area contributed by atoms with Crippen LogP contribution in [0.25, 0.3) is 0 Å². The molecule has 0 fully saturated rings. The van der Waals surface area contributed by atoms with Gasteiger partial charge in [0.2, 0.25) is 0 Å².